The highest BCUT2D eigenvalue weighted by Gasteiger charge is 2.05. The largest absolute Gasteiger partial charge is 0.249 e. The summed E-state index contributed by atoms with van der Waals surface area (Å²) < 4.78 is 0. The van der Waals surface area contributed by atoms with Crippen LogP contribution in [0.4, 0.5) is 0 Å². The SMILES string of the molecule is C1=CCc2ncsc2CC1. The van der Waals surface area contributed by atoms with Gasteiger partial charge in [-0.3, -0.25) is 0 Å². The van der Waals surface area contributed by atoms with Gasteiger partial charge in [0.05, 0.1) is 11.2 Å². The van der Waals surface area contributed by atoms with Crippen LogP contribution < -0.4 is 0 Å². The number of rotatable bonds is 0. The zero-order valence-corrected chi connectivity index (χ0v) is 6.53. The summed E-state index contributed by atoms with van der Waals surface area (Å²) >= 11 is 1.79. The van der Waals surface area contributed by atoms with Crippen LogP contribution in [0, 0.1) is 0 Å². The van der Waals surface area contributed by atoms with E-state index in [0.29, 0.717) is 0 Å². The van der Waals surface area contributed by atoms with Crippen molar-refractivity contribution in [2.45, 2.75) is 19.3 Å². The number of aryl methyl sites for hydroxylation is 1. The Bertz CT molecular complexity index is 250. The van der Waals surface area contributed by atoms with Crippen molar-refractivity contribution in [3.63, 3.8) is 0 Å². The fraction of sp³-hybridized carbons (Fsp3) is 0.375. The molecule has 0 radical (unpaired) electrons. The number of aromatic nitrogens is 1. The zero-order valence-electron chi connectivity index (χ0n) is 5.71. The Hall–Kier alpha value is -0.630. The van der Waals surface area contributed by atoms with Crippen molar-refractivity contribution in [2.75, 3.05) is 0 Å². The second-order valence-electron chi connectivity index (χ2n) is 2.44. The van der Waals surface area contributed by atoms with Crippen molar-refractivity contribution < 1.29 is 0 Å². The second kappa shape index (κ2) is 2.54. The zero-order chi connectivity index (χ0) is 6.81. The number of fused-ring (bicyclic) bond motifs is 1. The summed E-state index contributed by atoms with van der Waals surface area (Å²) in [7, 11) is 0. The van der Waals surface area contributed by atoms with Crippen LogP contribution in [0.5, 0.6) is 0 Å². The number of allylic oxidation sites excluding steroid dienone is 2. The Morgan fingerprint density at radius 2 is 2.40 bits per heavy atom. The van der Waals surface area contributed by atoms with Crippen LogP contribution in [0.15, 0.2) is 17.7 Å². The summed E-state index contributed by atoms with van der Waals surface area (Å²) in [4.78, 5) is 5.76. The summed E-state index contributed by atoms with van der Waals surface area (Å²) in [5.74, 6) is 0. The normalized spacial score (nSPS) is 16.4. The topological polar surface area (TPSA) is 12.9 Å². The first-order chi connectivity index (χ1) is 4.97. The van der Waals surface area contributed by atoms with Crippen molar-refractivity contribution in [3.05, 3.63) is 28.2 Å². The first kappa shape index (κ1) is 6.10. The number of hydrogen-bond acceptors (Lipinski definition) is 2. The molecule has 52 valence electrons. The highest BCUT2D eigenvalue weighted by atomic mass is 32.1. The third kappa shape index (κ3) is 0.991. The molecule has 0 amide bonds. The van der Waals surface area contributed by atoms with Crippen LogP contribution >= 0.6 is 11.3 Å². The smallest absolute Gasteiger partial charge is 0.0797 e. The van der Waals surface area contributed by atoms with Gasteiger partial charge in [0.15, 0.2) is 0 Å². The van der Waals surface area contributed by atoms with E-state index in [9.17, 15) is 0 Å². The minimum absolute atomic E-state index is 1.04. The predicted molar refractivity (Wildman–Crippen MR) is 43.3 cm³/mol. The molecule has 0 atom stereocenters. The first-order valence-electron chi connectivity index (χ1n) is 3.53. The van der Waals surface area contributed by atoms with Crippen molar-refractivity contribution in [1.82, 2.24) is 4.98 Å². The maximum atomic E-state index is 4.28. The van der Waals surface area contributed by atoms with Gasteiger partial charge in [-0.05, 0) is 12.8 Å². The average molecular weight is 151 g/mol. The lowest BCUT2D eigenvalue weighted by Gasteiger charge is -1.91. The van der Waals surface area contributed by atoms with Crippen molar-refractivity contribution in [1.29, 1.82) is 0 Å². The summed E-state index contributed by atoms with van der Waals surface area (Å²) in [5, 5.41) is 0. The molecule has 0 saturated carbocycles. The van der Waals surface area contributed by atoms with E-state index in [0.717, 1.165) is 6.42 Å². The van der Waals surface area contributed by atoms with Gasteiger partial charge in [0.25, 0.3) is 0 Å². The van der Waals surface area contributed by atoms with E-state index in [1.807, 2.05) is 5.51 Å². The monoisotopic (exact) mass is 151 g/mol. The Morgan fingerprint density at radius 3 is 3.40 bits per heavy atom. The summed E-state index contributed by atoms with van der Waals surface area (Å²) in [6.07, 6.45) is 7.88. The van der Waals surface area contributed by atoms with E-state index in [1.54, 1.807) is 11.3 Å². The van der Waals surface area contributed by atoms with Crippen molar-refractivity contribution >= 4 is 11.3 Å². The van der Waals surface area contributed by atoms with Gasteiger partial charge in [0.2, 0.25) is 0 Å². The first-order valence-corrected chi connectivity index (χ1v) is 4.41. The average Bonchev–Trinajstić information content (AvgIpc) is 2.28. The molecule has 10 heavy (non-hydrogen) atoms. The Kier molecular flexibility index (Phi) is 1.55. The Labute approximate surface area is 64.4 Å². The molecule has 1 heterocycles. The molecular weight excluding hydrogens is 142 g/mol. The molecular formula is C8H9NS. The number of thiazole rings is 1. The lowest BCUT2D eigenvalue weighted by molar-refractivity contribution is 1.02. The van der Waals surface area contributed by atoms with E-state index in [4.69, 9.17) is 0 Å². The van der Waals surface area contributed by atoms with Gasteiger partial charge >= 0.3 is 0 Å². The second-order valence-corrected chi connectivity index (χ2v) is 3.38. The van der Waals surface area contributed by atoms with Crippen LogP contribution in [0.3, 0.4) is 0 Å². The number of nitrogens with zero attached hydrogens (tertiary/aromatic N) is 1. The Balaban J connectivity index is 2.37. The van der Waals surface area contributed by atoms with Gasteiger partial charge in [0, 0.05) is 11.3 Å². The van der Waals surface area contributed by atoms with Crippen LogP contribution in [0.2, 0.25) is 0 Å². The minimum atomic E-state index is 1.04. The molecule has 0 spiro atoms. The fourth-order valence-electron chi connectivity index (χ4n) is 1.19. The van der Waals surface area contributed by atoms with Crippen molar-refractivity contribution in [2.24, 2.45) is 0 Å². The van der Waals surface area contributed by atoms with Crippen LogP contribution in [-0.2, 0) is 12.8 Å². The molecule has 0 bridgehead atoms. The lowest BCUT2D eigenvalue weighted by Crippen LogP contribution is -1.84. The molecule has 0 aromatic carbocycles. The fourth-order valence-corrected chi connectivity index (χ4v) is 2.01. The maximum absolute atomic E-state index is 4.28. The molecule has 2 heteroatoms. The molecule has 2 rings (SSSR count). The third-order valence-corrected chi connectivity index (χ3v) is 2.68. The maximum Gasteiger partial charge on any atom is 0.0797 e. The molecule has 1 aliphatic rings. The van der Waals surface area contributed by atoms with Gasteiger partial charge in [-0.25, -0.2) is 4.98 Å². The third-order valence-electron chi connectivity index (χ3n) is 1.74. The minimum Gasteiger partial charge on any atom is -0.249 e. The van der Waals surface area contributed by atoms with E-state index >= 15 is 0 Å². The predicted octanol–water partition coefficient (Wildman–Crippen LogP) is 2.19. The van der Waals surface area contributed by atoms with Gasteiger partial charge < -0.3 is 0 Å². The molecule has 1 aromatic rings. The van der Waals surface area contributed by atoms with Crippen LogP contribution in [0.1, 0.15) is 17.0 Å². The van der Waals surface area contributed by atoms with E-state index < -0.39 is 0 Å². The Morgan fingerprint density at radius 1 is 1.40 bits per heavy atom. The molecule has 1 nitrogen and oxygen atoms in total. The van der Waals surface area contributed by atoms with Gasteiger partial charge in [0.1, 0.15) is 0 Å². The summed E-state index contributed by atoms with van der Waals surface area (Å²) in [6, 6.07) is 0. The highest BCUT2D eigenvalue weighted by Crippen LogP contribution is 2.18. The summed E-state index contributed by atoms with van der Waals surface area (Å²) in [5.41, 5.74) is 3.24. The van der Waals surface area contributed by atoms with Crippen LogP contribution in [-0.4, -0.2) is 4.98 Å². The molecule has 0 saturated heterocycles. The van der Waals surface area contributed by atoms with Crippen LogP contribution in [0.25, 0.3) is 0 Å². The van der Waals surface area contributed by atoms with E-state index in [-0.39, 0.29) is 0 Å². The molecule has 0 N–H and O–H groups in total. The lowest BCUT2D eigenvalue weighted by atomic mass is 10.2. The van der Waals surface area contributed by atoms with Crippen molar-refractivity contribution in [3.8, 4) is 0 Å². The quantitative estimate of drug-likeness (QED) is 0.518. The van der Waals surface area contributed by atoms with Gasteiger partial charge in [-0.1, -0.05) is 12.2 Å². The molecule has 0 unspecified atom stereocenters. The highest BCUT2D eigenvalue weighted by molar-refractivity contribution is 7.09. The van der Waals surface area contributed by atoms with Gasteiger partial charge in [-0.15, -0.1) is 11.3 Å². The van der Waals surface area contributed by atoms with E-state index in [1.165, 1.54) is 23.4 Å². The molecule has 1 aliphatic carbocycles. The molecule has 1 aromatic heterocycles. The standard InChI is InChI=1S/C8H9NS/c1-2-4-7-8(5-3-1)10-6-9-7/h1-2,6H,3-5H2. The van der Waals surface area contributed by atoms with Gasteiger partial charge in [-0.2, -0.15) is 0 Å². The molecule has 0 aliphatic heterocycles. The number of hydrogen-bond donors (Lipinski definition) is 0. The summed E-state index contributed by atoms with van der Waals surface area (Å²) in [6.45, 7) is 0. The molecule has 0 fully saturated rings. The van der Waals surface area contributed by atoms with E-state index in [2.05, 4.69) is 17.1 Å².